The van der Waals surface area contributed by atoms with Crippen molar-refractivity contribution >= 4 is 11.7 Å². The van der Waals surface area contributed by atoms with Gasteiger partial charge in [0.25, 0.3) is 0 Å². The first-order valence-electron chi connectivity index (χ1n) is 13.4. The van der Waals surface area contributed by atoms with Crippen LogP contribution < -0.4 is 4.90 Å². The molecule has 4 aliphatic rings. The Labute approximate surface area is 216 Å². The normalized spacial score (nSPS) is 36.1. The largest absolute Gasteiger partial charge is 0.416 e. The molecule has 3 saturated heterocycles. The van der Waals surface area contributed by atoms with Crippen LogP contribution in [0.5, 0.6) is 0 Å². The van der Waals surface area contributed by atoms with Crippen molar-refractivity contribution in [2.24, 2.45) is 23.2 Å². The Hall–Kier alpha value is -1.91. The van der Waals surface area contributed by atoms with Crippen molar-refractivity contribution in [1.82, 2.24) is 9.88 Å². The quantitative estimate of drug-likeness (QED) is 0.610. The molecular formula is C27H38F3N3O4. The van der Waals surface area contributed by atoms with Gasteiger partial charge in [0, 0.05) is 33.0 Å². The molecule has 1 unspecified atom stereocenters. The lowest BCUT2D eigenvalue weighted by molar-refractivity contribution is -0.147. The summed E-state index contributed by atoms with van der Waals surface area (Å²) in [5.41, 5.74) is -1.25. The van der Waals surface area contributed by atoms with Crippen LogP contribution in [0.1, 0.15) is 51.5 Å². The number of pyridine rings is 1. The van der Waals surface area contributed by atoms with Crippen LogP contribution in [0.15, 0.2) is 18.3 Å². The third-order valence-corrected chi connectivity index (χ3v) is 9.55. The average Bonchev–Trinajstić information content (AvgIpc) is 3.55. The third-order valence-electron chi connectivity index (χ3n) is 9.55. The van der Waals surface area contributed by atoms with Crippen molar-refractivity contribution in [3.63, 3.8) is 0 Å². The first-order chi connectivity index (χ1) is 17.5. The fraction of sp³-hybridized carbons (Fsp3) is 0.778. The molecule has 1 aromatic heterocycles. The highest BCUT2D eigenvalue weighted by Gasteiger charge is 2.58. The van der Waals surface area contributed by atoms with Crippen molar-refractivity contribution in [1.29, 1.82) is 0 Å². The van der Waals surface area contributed by atoms with Gasteiger partial charge in [0.15, 0.2) is 0 Å². The van der Waals surface area contributed by atoms with Gasteiger partial charge in [0.1, 0.15) is 5.82 Å². The lowest BCUT2D eigenvalue weighted by Crippen LogP contribution is -2.54. The van der Waals surface area contributed by atoms with E-state index in [-0.39, 0.29) is 30.3 Å². The number of halogens is 3. The molecular weight excluding hydrogens is 487 g/mol. The van der Waals surface area contributed by atoms with Crippen molar-refractivity contribution < 1.29 is 32.5 Å². The van der Waals surface area contributed by atoms with Gasteiger partial charge in [-0.05, 0) is 62.0 Å². The zero-order chi connectivity index (χ0) is 26.5. The number of carbonyl (C=O) groups is 1. The minimum Gasteiger partial charge on any atom is -0.389 e. The maximum absolute atomic E-state index is 14.1. The van der Waals surface area contributed by atoms with E-state index in [4.69, 9.17) is 9.47 Å². The van der Waals surface area contributed by atoms with E-state index in [0.29, 0.717) is 25.0 Å². The van der Waals surface area contributed by atoms with Crippen LogP contribution in [-0.4, -0.2) is 78.6 Å². The number of anilines is 1. The predicted octanol–water partition coefficient (Wildman–Crippen LogP) is 3.74. The van der Waals surface area contributed by atoms with Crippen LogP contribution in [-0.2, 0) is 20.4 Å². The van der Waals surface area contributed by atoms with Gasteiger partial charge in [-0.15, -0.1) is 0 Å². The number of amides is 1. The third kappa shape index (κ3) is 4.74. The van der Waals surface area contributed by atoms with Gasteiger partial charge in [0.2, 0.25) is 5.91 Å². The number of alkyl halides is 3. The van der Waals surface area contributed by atoms with Gasteiger partial charge < -0.3 is 24.4 Å². The van der Waals surface area contributed by atoms with E-state index in [1.165, 1.54) is 0 Å². The highest BCUT2D eigenvalue weighted by atomic mass is 19.4. The van der Waals surface area contributed by atoms with Crippen LogP contribution in [0.3, 0.4) is 0 Å². The number of methoxy groups -OCH3 is 1. The van der Waals surface area contributed by atoms with E-state index < -0.39 is 35.3 Å². The molecule has 2 bridgehead atoms. The van der Waals surface area contributed by atoms with E-state index in [9.17, 15) is 23.1 Å². The molecule has 0 aromatic carbocycles. The fourth-order valence-electron chi connectivity index (χ4n) is 7.31. The average molecular weight is 526 g/mol. The molecule has 0 spiro atoms. The van der Waals surface area contributed by atoms with Crippen molar-refractivity contribution in [2.75, 3.05) is 38.3 Å². The Kier molecular flexibility index (Phi) is 7.21. The summed E-state index contributed by atoms with van der Waals surface area (Å²) >= 11 is 0. The fourth-order valence-corrected chi connectivity index (χ4v) is 7.31. The Morgan fingerprint density at radius 1 is 1.30 bits per heavy atom. The van der Waals surface area contributed by atoms with Gasteiger partial charge in [0.05, 0.1) is 41.9 Å². The molecule has 5 rings (SSSR count). The number of likely N-dealkylation sites (tertiary alicyclic amines) is 1. The minimum atomic E-state index is -4.46. The smallest absolute Gasteiger partial charge is 0.389 e. The van der Waals surface area contributed by atoms with E-state index in [0.717, 1.165) is 57.0 Å². The molecule has 4 fully saturated rings. The molecule has 1 aliphatic carbocycles. The number of aliphatic hydroxyl groups excluding tert-OH is 1. The predicted molar refractivity (Wildman–Crippen MR) is 131 cm³/mol. The molecule has 3 aliphatic heterocycles. The number of hydrogen-bond acceptors (Lipinski definition) is 6. The van der Waals surface area contributed by atoms with E-state index in [2.05, 4.69) is 18.8 Å². The number of piperazine rings is 1. The zero-order valence-electron chi connectivity index (χ0n) is 21.8. The number of carbonyl (C=O) groups excluding carboxylic acids is 1. The lowest BCUT2D eigenvalue weighted by Gasteiger charge is -2.41. The second-order valence-electron chi connectivity index (χ2n) is 11.7. The molecule has 1 saturated carbocycles. The first kappa shape index (κ1) is 26.7. The summed E-state index contributed by atoms with van der Waals surface area (Å²) in [5, 5.41) is 11.0. The number of fused-ring (bicyclic) bond motifs is 2. The summed E-state index contributed by atoms with van der Waals surface area (Å²) in [5.74, 6) is 1.29. The molecule has 10 heteroatoms. The molecule has 1 N–H and O–H groups in total. The maximum atomic E-state index is 14.1. The standard InChI is InChI=1S/C27H38F3N3O4/c1-16(2)26(7-4-17(12-26)10-18-6-9-37-15-22(18)36-3)25(35)33-14-20-24(34)21(33)13-32(20)23-11-19(5-8-31-23)27(28,29)30/h5,8,11,16-18,20-22,24,34H,4,6-7,9-10,12-15H2,1-3H3/t17-,18+,20-,21-,22+,24?,26-/m0/s1. The van der Waals surface area contributed by atoms with Crippen LogP contribution in [0.4, 0.5) is 19.0 Å². The van der Waals surface area contributed by atoms with E-state index in [1.807, 2.05) is 4.90 Å². The number of aromatic nitrogens is 1. The van der Waals surface area contributed by atoms with Crippen LogP contribution in [0, 0.1) is 23.2 Å². The molecule has 37 heavy (non-hydrogen) atoms. The Bertz CT molecular complexity index is 992. The van der Waals surface area contributed by atoms with E-state index in [1.54, 1.807) is 12.0 Å². The number of aliphatic hydroxyl groups is 1. The summed E-state index contributed by atoms with van der Waals surface area (Å²) in [7, 11) is 1.73. The van der Waals surface area contributed by atoms with Crippen LogP contribution in [0.2, 0.25) is 0 Å². The van der Waals surface area contributed by atoms with Gasteiger partial charge in [-0.1, -0.05) is 13.8 Å². The van der Waals surface area contributed by atoms with Crippen molar-refractivity contribution in [2.45, 2.75) is 76.4 Å². The minimum absolute atomic E-state index is 0.0865. The lowest BCUT2D eigenvalue weighted by atomic mass is 9.73. The number of nitrogens with zero attached hydrogens (tertiary/aromatic N) is 3. The molecule has 7 nitrogen and oxygen atoms in total. The molecule has 1 amide bonds. The highest BCUT2D eigenvalue weighted by molar-refractivity contribution is 5.85. The number of hydrogen-bond donors (Lipinski definition) is 1. The van der Waals surface area contributed by atoms with Gasteiger partial charge in [-0.3, -0.25) is 4.79 Å². The molecule has 4 heterocycles. The summed E-state index contributed by atoms with van der Waals surface area (Å²) in [4.78, 5) is 21.8. The zero-order valence-corrected chi connectivity index (χ0v) is 21.8. The summed E-state index contributed by atoms with van der Waals surface area (Å²) in [6.07, 6.45) is 0.587. The second-order valence-corrected chi connectivity index (χ2v) is 11.7. The Morgan fingerprint density at radius 3 is 2.73 bits per heavy atom. The summed E-state index contributed by atoms with van der Waals surface area (Å²) < 4.78 is 51.0. The van der Waals surface area contributed by atoms with Gasteiger partial charge in [-0.25, -0.2) is 4.98 Å². The number of ether oxygens (including phenoxy) is 2. The molecule has 0 radical (unpaired) electrons. The van der Waals surface area contributed by atoms with Crippen LogP contribution >= 0.6 is 0 Å². The molecule has 206 valence electrons. The Morgan fingerprint density at radius 2 is 2.08 bits per heavy atom. The van der Waals surface area contributed by atoms with Gasteiger partial charge >= 0.3 is 6.18 Å². The second kappa shape index (κ2) is 10.0. The molecule has 7 atom stereocenters. The van der Waals surface area contributed by atoms with E-state index >= 15 is 0 Å². The monoisotopic (exact) mass is 525 g/mol. The highest BCUT2D eigenvalue weighted by Crippen LogP contribution is 2.52. The summed E-state index contributed by atoms with van der Waals surface area (Å²) in [6.45, 7) is 6.16. The van der Waals surface area contributed by atoms with Crippen LogP contribution in [0.25, 0.3) is 0 Å². The van der Waals surface area contributed by atoms with Crippen molar-refractivity contribution in [3.05, 3.63) is 23.9 Å². The molecule has 1 aromatic rings. The first-order valence-corrected chi connectivity index (χ1v) is 13.4. The topological polar surface area (TPSA) is 75.1 Å². The van der Waals surface area contributed by atoms with Crippen molar-refractivity contribution in [3.8, 4) is 0 Å². The van der Waals surface area contributed by atoms with Gasteiger partial charge in [-0.2, -0.15) is 13.2 Å². The Balaban J connectivity index is 1.29. The maximum Gasteiger partial charge on any atom is 0.416 e. The SMILES string of the molecule is CO[C@@H]1COCC[C@@H]1C[C@@H]1CC[C@@](C(=O)N2C[C@H]3C(O)[C@@H]2CN3c2cc(C(F)(F)F)ccn2)(C(C)C)C1. The summed E-state index contributed by atoms with van der Waals surface area (Å²) in [6, 6.07) is 1.07. The number of rotatable bonds is 6.